The predicted octanol–water partition coefficient (Wildman–Crippen LogP) is 3.51. The highest BCUT2D eigenvalue weighted by atomic mass is 19.1. The molecule has 0 radical (unpaired) electrons. The van der Waals surface area contributed by atoms with E-state index in [4.69, 9.17) is 17.2 Å². The first-order valence-corrected chi connectivity index (χ1v) is 16.5. The van der Waals surface area contributed by atoms with Gasteiger partial charge in [0.15, 0.2) is 0 Å². The smallest absolute Gasteiger partial charge is 0.251 e. The van der Waals surface area contributed by atoms with Crippen molar-refractivity contribution in [1.29, 1.82) is 0 Å². The molecule has 5 rings (SSSR count). The number of allylic oxidation sites excluding steroid dienone is 1. The second kappa shape index (κ2) is 16.1. The van der Waals surface area contributed by atoms with E-state index >= 15 is 0 Å². The molecule has 1 aliphatic rings. The summed E-state index contributed by atoms with van der Waals surface area (Å²) in [7, 11) is 1.45. The fourth-order valence-corrected chi connectivity index (χ4v) is 6.03. The van der Waals surface area contributed by atoms with E-state index < -0.39 is 47.1 Å². The van der Waals surface area contributed by atoms with E-state index in [-0.39, 0.29) is 31.5 Å². The summed E-state index contributed by atoms with van der Waals surface area (Å²) in [5.74, 6) is -3.06. The Hall–Kier alpha value is -6.07. The maximum atomic E-state index is 14.5. The lowest BCUT2D eigenvalue weighted by Gasteiger charge is -2.35. The minimum absolute atomic E-state index is 0.0385. The van der Waals surface area contributed by atoms with Crippen LogP contribution < -0.4 is 27.8 Å². The molecule has 0 aliphatic heterocycles. The molecular formula is C40H41FN6O4. The van der Waals surface area contributed by atoms with Crippen LogP contribution in [0.2, 0.25) is 0 Å². The van der Waals surface area contributed by atoms with Crippen LogP contribution in [-0.4, -0.2) is 53.2 Å². The molecule has 51 heavy (non-hydrogen) atoms. The largest absolute Gasteiger partial charge is 0.399 e. The van der Waals surface area contributed by atoms with Gasteiger partial charge in [0.2, 0.25) is 17.7 Å². The normalized spacial score (nSPS) is 16.3. The molecular weight excluding hydrogens is 647 g/mol. The molecule has 4 aromatic carbocycles. The Kier molecular flexibility index (Phi) is 11.4. The number of halogens is 1. The number of nitrogens with one attached hydrogen (secondary N) is 2. The third-order valence-corrected chi connectivity index (χ3v) is 8.94. The molecule has 4 amide bonds. The molecule has 0 spiro atoms. The first-order valence-electron chi connectivity index (χ1n) is 16.5. The van der Waals surface area contributed by atoms with E-state index in [1.807, 2.05) is 54.6 Å². The van der Waals surface area contributed by atoms with Crippen LogP contribution >= 0.6 is 0 Å². The number of hydrogen-bond acceptors (Lipinski definition) is 6. The molecule has 4 aromatic rings. The molecule has 0 saturated carbocycles. The summed E-state index contributed by atoms with van der Waals surface area (Å²) in [6.07, 6.45) is 4.71. The number of rotatable bonds is 13. The van der Waals surface area contributed by atoms with Crippen LogP contribution in [0.15, 0.2) is 127 Å². The van der Waals surface area contributed by atoms with E-state index in [1.54, 1.807) is 36.4 Å². The SMILES string of the molecule is CN(C(=O)[C@@H](Cc1ccc(-c2ccccc2)cc1)NC(=O)c1cccc(CN)c1)[C@H](Cc1ccc(F)cc1)C(=O)N[C@]1(C(N)=O)C=C(N)C=CC1. The molecule has 0 aromatic heterocycles. The number of primary amides is 1. The number of carbonyl (C=O) groups is 4. The number of nitrogens with two attached hydrogens (primary N) is 3. The van der Waals surface area contributed by atoms with Gasteiger partial charge in [0.25, 0.3) is 5.91 Å². The van der Waals surface area contributed by atoms with Crippen LogP contribution in [-0.2, 0) is 33.8 Å². The van der Waals surface area contributed by atoms with E-state index in [2.05, 4.69) is 10.6 Å². The summed E-state index contributed by atoms with van der Waals surface area (Å²) in [5.41, 5.74) is 20.5. The number of benzene rings is 4. The topological polar surface area (TPSA) is 174 Å². The summed E-state index contributed by atoms with van der Waals surface area (Å²) >= 11 is 0. The molecule has 0 saturated heterocycles. The second-order valence-electron chi connectivity index (χ2n) is 12.6. The number of hydrogen-bond donors (Lipinski definition) is 5. The standard InChI is InChI=1S/C40H41FN6O4/c1-47(35(23-27-14-18-32(41)19-15-27)37(49)46-40(39(44)51)20-6-11-33(43)24-40)38(50)34(45-36(48)31-10-5-7-28(21-31)25-42)22-26-12-16-30(17-13-26)29-8-3-2-4-9-29/h2-19,21,24,34-35H,20,22-23,25,42-43H2,1H3,(H2,44,51)(H,45,48)(H,46,49)/t34-,35-,40+/m1/s1. The molecule has 0 bridgehead atoms. The Balaban J connectivity index is 1.47. The zero-order chi connectivity index (χ0) is 36.5. The molecule has 0 fully saturated rings. The number of likely N-dealkylation sites (N-methyl/N-ethyl adjacent to an activating group) is 1. The summed E-state index contributed by atoms with van der Waals surface area (Å²) in [6.45, 7) is 0.226. The van der Waals surface area contributed by atoms with Crippen molar-refractivity contribution in [2.45, 2.75) is 43.4 Å². The lowest BCUT2D eigenvalue weighted by molar-refractivity contribution is -0.141. The zero-order valence-corrected chi connectivity index (χ0v) is 28.2. The van der Waals surface area contributed by atoms with Crippen molar-refractivity contribution in [2.24, 2.45) is 17.2 Å². The summed E-state index contributed by atoms with van der Waals surface area (Å²) in [4.78, 5) is 56.2. The van der Waals surface area contributed by atoms with Crippen LogP contribution in [0.5, 0.6) is 0 Å². The third kappa shape index (κ3) is 8.94. The van der Waals surface area contributed by atoms with Crippen molar-refractivity contribution < 1.29 is 23.6 Å². The van der Waals surface area contributed by atoms with Crippen molar-refractivity contribution in [3.05, 3.63) is 155 Å². The van der Waals surface area contributed by atoms with Crippen molar-refractivity contribution >= 4 is 23.6 Å². The number of carbonyl (C=O) groups excluding carboxylic acids is 4. The van der Waals surface area contributed by atoms with E-state index in [1.165, 1.54) is 42.3 Å². The minimum Gasteiger partial charge on any atom is -0.399 e. The first kappa shape index (κ1) is 36.2. The summed E-state index contributed by atoms with van der Waals surface area (Å²) in [5, 5.41) is 5.61. The van der Waals surface area contributed by atoms with Crippen molar-refractivity contribution in [2.75, 3.05) is 7.05 Å². The fraction of sp³-hybridized carbons (Fsp3) is 0.200. The van der Waals surface area contributed by atoms with Gasteiger partial charge in [-0.2, -0.15) is 0 Å². The van der Waals surface area contributed by atoms with Crippen LogP contribution in [0.25, 0.3) is 11.1 Å². The lowest BCUT2D eigenvalue weighted by Crippen LogP contribution is -2.62. The van der Waals surface area contributed by atoms with Gasteiger partial charge in [-0.3, -0.25) is 19.2 Å². The predicted molar refractivity (Wildman–Crippen MR) is 194 cm³/mol. The molecule has 11 heteroatoms. The monoisotopic (exact) mass is 688 g/mol. The van der Waals surface area contributed by atoms with Gasteiger partial charge in [-0.1, -0.05) is 84.9 Å². The Morgan fingerprint density at radius 1 is 0.843 bits per heavy atom. The van der Waals surface area contributed by atoms with Crippen molar-refractivity contribution in [1.82, 2.24) is 15.5 Å². The summed E-state index contributed by atoms with van der Waals surface area (Å²) < 4.78 is 13.8. The average Bonchev–Trinajstić information content (AvgIpc) is 3.14. The Morgan fingerprint density at radius 2 is 1.49 bits per heavy atom. The van der Waals surface area contributed by atoms with Gasteiger partial charge >= 0.3 is 0 Å². The number of amides is 4. The van der Waals surface area contributed by atoms with Gasteiger partial charge in [-0.25, -0.2) is 4.39 Å². The third-order valence-electron chi connectivity index (χ3n) is 8.94. The number of nitrogens with zero attached hydrogens (tertiary/aromatic N) is 1. The second-order valence-corrected chi connectivity index (χ2v) is 12.6. The van der Waals surface area contributed by atoms with Gasteiger partial charge in [0, 0.05) is 44.1 Å². The van der Waals surface area contributed by atoms with Crippen molar-refractivity contribution in [3.8, 4) is 11.1 Å². The van der Waals surface area contributed by atoms with Gasteiger partial charge < -0.3 is 32.7 Å². The van der Waals surface area contributed by atoms with Gasteiger partial charge in [0.1, 0.15) is 23.4 Å². The Labute approximate surface area is 296 Å². The van der Waals surface area contributed by atoms with Gasteiger partial charge in [0.05, 0.1) is 0 Å². The van der Waals surface area contributed by atoms with Crippen molar-refractivity contribution in [3.63, 3.8) is 0 Å². The Morgan fingerprint density at radius 3 is 2.14 bits per heavy atom. The highest BCUT2D eigenvalue weighted by Crippen LogP contribution is 2.23. The zero-order valence-electron chi connectivity index (χ0n) is 28.2. The maximum Gasteiger partial charge on any atom is 0.251 e. The van der Waals surface area contributed by atoms with Gasteiger partial charge in [-0.15, -0.1) is 0 Å². The maximum absolute atomic E-state index is 14.5. The summed E-state index contributed by atoms with van der Waals surface area (Å²) in [6, 6.07) is 27.5. The van der Waals surface area contributed by atoms with E-state index in [0.29, 0.717) is 11.1 Å². The first-order chi connectivity index (χ1) is 24.5. The Bertz CT molecular complexity index is 1950. The highest BCUT2D eigenvalue weighted by Gasteiger charge is 2.40. The van der Waals surface area contributed by atoms with Crippen LogP contribution in [0.1, 0.15) is 33.5 Å². The molecule has 8 N–H and O–H groups in total. The molecule has 0 heterocycles. The average molecular weight is 689 g/mol. The molecule has 3 atom stereocenters. The molecule has 0 unspecified atom stereocenters. The molecule has 10 nitrogen and oxygen atoms in total. The molecule has 262 valence electrons. The highest BCUT2D eigenvalue weighted by molar-refractivity contribution is 5.99. The molecule has 1 aliphatic carbocycles. The van der Waals surface area contributed by atoms with Crippen LogP contribution in [0.3, 0.4) is 0 Å². The quantitative estimate of drug-likeness (QED) is 0.144. The van der Waals surface area contributed by atoms with E-state index in [9.17, 15) is 23.6 Å². The minimum atomic E-state index is -1.64. The lowest BCUT2D eigenvalue weighted by atomic mass is 9.88. The van der Waals surface area contributed by atoms with Crippen LogP contribution in [0, 0.1) is 5.82 Å². The van der Waals surface area contributed by atoms with E-state index in [0.717, 1.165) is 22.3 Å². The van der Waals surface area contributed by atoms with Gasteiger partial charge in [-0.05, 0) is 64.2 Å². The van der Waals surface area contributed by atoms with Crippen LogP contribution in [0.4, 0.5) is 4.39 Å². The fourth-order valence-electron chi connectivity index (χ4n) is 6.03.